The maximum atomic E-state index is 13.1. The highest BCUT2D eigenvalue weighted by Crippen LogP contribution is 2.15. The van der Waals surface area contributed by atoms with Crippen molar-refractivity contribution in [3.05, 3.63) is 63.6 Å². The number of pyridine rings is 1. The summed E-state index contributed by atoms with van der Waals surface area (Å²) >= 11 is 3.32. The zero-order chi connectivity index (χ0) is 14.9. The smallest absolute Gasteiger partial charge is 0.227 e. The third-order valence-corrected chi connectivity index (χ3v) is 3.74. The first-order valence-corrected chi connectivity index (χ1v) is 6.51. The highest BCUT2D eigenvalue weighted by atomic mass is 79.9. The molecule has 0 aliphatic carbocycles. The summed E-state index contributed by atoms with van der Waals surface area (Å²) in [6.07, 6.45) is 1.67. The van der Waals surface area contributed by atoms with E-state index in [0.717, 1.165) is 10.2 Å². The Balaban J connectivity index is 0.00000220. The lowest BCUT2D eigenvalue weighted by atomic mass is 10.1. The Labute approximate surface area is 138 Å². The molecule has 0 atom stereocenters. The fourth-order valence-electron chi connectivity index (χ4n) is 1.73. The van der Waals surface area contributed by atoms with E-state index in [1.165, 1.54) is 0 Å². The van der Waals surface area contributed by atoms with Gasteiger partial charge < -0.3 is 17.0 Å². The van der Waals surface area contributed by atoms with Crippen molar-refractivity contribution >= 4 is 21.7 Å². The molecule has 1 aromatic carbocycles. The van der Waals surface area contributed by atoms with Crippen LogP contribution in [0.3, 0.4) is 0 Å². The first kappa shape index (κ1) is 17.8. The summed E-state index contributed by atoms with van der Waals surface area (Å²) in [7, 11) is 0. The Morgan fingerprint density at radius 3 is 2.38 bits per heavy atom. The summed E-state index contributed by atoms with van der Waals surface area (Å²) in [5, 5.41) is 0. The van der Waals surface area contributed by atoms with Crippen molar-refractivity contribution in [3.63, 3.8) is 0 Å². The van der Waals surface area contributed by atoms with Gasteiger partial charge in [-0.05, 0) is 34.1 Å². The number of carbonyl (C=O) groups is 1. The van der Waals surface area contributed by atoms with Gasteiger partial charge in [0.2, 0.25) is 12.3 Å². The number of carbonyl (C=O) groups excluding carboxylic acids is 1. The summed E-state index contributed by atoms with van der Waals surface area (Å²) < 4.78 is 41.5. The Morgan fingerprint density at radius 1 is 1.24 bits per heavy atom. The fourth-order valence-corrected chi connectivity index (χ4v) is 2.12. The van der Waals surface area contributed by atoms with Gasteiger partial charge >= 0.3 is 0 Å². The zero-order valence-electron chi connectivity index (χ0n) is 10.8. The molecule has 0 unspecified atom stereocenters. The lowest BCUT2D eigenvalue weighted by molar-refractivity contribution is -0.689. The van der Waals surface area contributed by atoms with E-state index < -0.39 is 23.2 Å². The summed E-state index contributed by atoms with van der Waals surface area (Å²) in [5.41, 5.74) is 0.595. The molecule has 0 saturated carbocycles. The van der Waals surface area contributed by atoms with Crippen LogP contribution in [0.5, 0.6) is 0 Å². The van der Waals surface area contributed by atoms with Crippen molar-refractivity contribution in [2.45, 2.75) is 13.5 Å². The van der Waals surface area contributed by atoms with Crippen molar-refractivity contribution in [1.29, 1.82) is 0 Å². The lowest BCUT2D eigenvalue weighted by Gasteiger charge is -2.03. The van der Waals surface area contributed by atoms with E-state index in [1.807, 2.05) is 6.07 Å². The molecular weight excluding hydrogens is 415 g/mol. The Kier molecular flexibility index (Phi) is 6.10. The molecule has 0 bridgehead atoms. The second-order valence-corrected chi connectivity index (χ2v) is 5.10. The molecule has 0 amide bonds. The highest BCUT2D eigenvalue weighted by molar-refractivity contribution is 9.10. The molecule has 7 heteroatoms. The van der Waals surface area contributed by atoms with Gasteiger partial charge in [0.1, 0.15) is 0 Å². The molecule has 1 heterocycles. The molecule has 0 spiro atoms. The number of hydrogen-bond donors (Lipinski definition) is 0. The van der Waals surface area contributed by atoms with Gasteiger partial charge in [0.25, 0.3) is 0 Å². The first-order chi connectivity index (χ1) is 9.40. The quantitative estimate of drug-likeness (QED) is 0.395. The minimum Gasteiger partial charge on any atom is -1.00 e. The molecule has 0 N–H and O–H groups in total. The van der Waals surface area contributed by atoms with Crippen molar-refractivity contribution in [2.75, 3.05) is 0 Å². The fraction of sp³-hybridized carbons (Fsp3) is 0.143. The van der Waals surface area contributed by atoms with Crippen LogP contribution >= 0.6 is 15.9 Å². The highest BCUT2D eigenvalue weighted by Gasteiger charge is 2.19. The maximum absolute atomic E-state index is 13.1. The molecule has 2 aromatic rings. The minimum absolute atomic E-state index is 0. The summed E-state index contributed by atoms with van der Waals surface area (Å²) in [4.78, 5) is 12.0. The first-order valence-electron chi connectivity index (χ1n) is 5.72. The Hall–Kier alpha value is -1.21. The molecule has 2 nitrogen and oxygen atoms in total. The minimum atomic E-state index is -1.58. The molecule has 1 aromatic heterocycles. The summed E-state index contributed by atoms with van der Waals surface area (Å²) in [5.74, 6) is -4.82. The maximum Gasteiger partial charge on any atom is 0.227 e. The van der Waals surface area contributed by atoms with Crippen molar-refractivity contribution in [2.24, 2.45) is 0 Å². The van der Waals surface area contributed by atoms with Crippen LogP contribution < -0.4 is 21.5 Å². The van der Waals surface area contributed by atoms with Gasteiger partial charge in [0.15, 0.2) is 29.3 Å². The van der Waals surface area contributed by atoms with E-state index in [4.69, 9.17) is 0 Å². The molecule has 0 aliphatic rings. The van der Waals surface area contributed by atoms with Crippen LogP contribution in [0.15, 0.2) is 34.9 Å². The van der Waals surface area contributed by atoms with Gasteiger partial charge in [-0.3, -0.25) is 4.79 Å². The van der Waals surface area contributed by atoms with Crippen LogP contribution in [0.25, 0.3) is 0 Å². The average molecular weight is 425 g/mol. The number of aromatic nitrogens is 1. The molecular formula is C14H10Br2F3NO. The molecule has 21 heavy (non-hydrogen) atoms. The molecule has 2 rings (SSSR count). The van der Waals surface area contributed by atoms with Gasteiger partial charge in [0.05, 0.1) is 4.47 Å². The van der Waals surface area contributed by atoms with E-state index >= 15 is 0 Å². The number of nitrogens with zero attached hydrogens (tertiary/aromatic N) is 1. The number of ketones is 1. The van der Waals surface area contributed by atoms with Gasteiger partial charge in [-0.1, -0.05) is 0 Å². The lowest BCUT2D eigenvalue weighted by Crippen LogP contribution is -3.00. The molecule has 0 aliphatic heterocycles. The number of benzene rings is 1. The van der Waals surface area contributed by atoms with E-state index in [2.05, 4.69) is 15.9 Å². The third-order valence-electron chi connectivity index (χ3n) is 2.90. The number of Topliss-reactive ketones (excluding diaryl/α,β-unsaturated/α-hetero) is 1. The van der Waals surface area contributed by atoms with Crippen LogP contribution in [-0.2, 0) is 6.54 Å². The standard InChI is InChI=1S/C14H10BrF3NO.BrH/c1-8-10(15)3-2-4-19(8)7-13(20)9-5-11(16)14(18)12(17)6-9;/h2-6H,7H2,1H3;1H/q+1;/p-1. The Bertz CT molecular complexity index is 669. The summed E-state index contributed by atoms with van der Waals surface area (Å²) in [6, 6.07) is 4.95. The third kappa shape index (κ3) is 3.91. The molecule has 112 valence electrons. The van der Waals surface area contributed by atoms with Gasteiger partial charge in [-0.15, -0.1) is 0 Å². The van der Waals surface area contributed by atoms with Gasteiger partial charge in [-0.2, -0.15) is 4.57 Å². The number of hydrogen-bond acceptors (Lipinski definition) is 1. The van der Waals surface area contributed by atoms with E-state index in [-0.39, 0.29) is 29.1 Å². The predicted molar refractivity (Wildman–Crippen MR) is 69.7 cm³/mol. The van der Waals surface area contributed by atoms with E-state index in [1.54, 1.807) is 23.8 Å². The largest absolute Gasteiger partial charge is 1.00 e. The van der Waals surface area contributed by atoms with Crippen molar-refractivity contribution in [3.8, 4) is 0 Å². The summed E-state index contributed by atoms with van der Waals surface area (Å²) in [6.45, 7) is 1.71. The number of halogens is 5. The second-order valence-electron chi connectivity index (χ2n) is 4.25. The van der Waals surface area contributed by atoms with E-state index in [0.29, 0.717) is 12.1 Å². The molecule has 0 fully saturated rings. The SMILES string of the molecule is Cc1c(Br)ccc[n+]1CC(=O)c1cc(F)c(F)c(F)c1.[Br-]. The van der Waals surface area contributed by atoms with Gasteiger partial charge in [0, 0.05) is 18.6 Å². The van der Waals surface area contributed by atoms with Crippen LogP contribution in [0, 0.1) is 24.4 Å². The Morgan fingerprint density at radius 2 is 1.81 bits per heavy atom. The predicted octanol–water partition coefficient (Wildman–Crippen LogP) is 0.349. The molecule has 0 radical (unpaired) electrons. The monoisotopic (exact) mass is 423 g/mol. The normalized spacial score (nSPS) is 10.1. The van der Waals surface area contributed by atoms with Crippen molar-refractivity contribution in [1.82, 2.24) is 0 Å². The second kappa shape index (κ2) is 7.17. The van der Waals surface area contributed by atoms with Crippen LogP contribution in [0.1, 0.15) is 16.1 Å². The zero-order valence-corrected chi connectivity index (χ0v) is 14.0. The average Bonchev–Trinajstić information content (AvgIpc) is 2.40. The van der Waals surface area contributed by atoms with Crippen LogP contribution in [0.4, 0.5) is 13.2 Å². The van der Waals surface area contributed by atoms with Crippen LogP contribution in [0.2, 0.25) is 0 Å². The number of rotatable bonds is 3. The van der Waals surface area contributed by atoms with E-state index in [9.17, 15) is 18.0 Å². The van der Waals surface area contributed by atoms with Crippen molar-refractivity contribution < 1.29 is 39.5 Å². The topological polar surface area (TPSA) is 20.9 Å². The van der Waals surface area contributed by atoms with Crippen LogP contribution in [-0.4, -0.2) is 5.78 Å². The molecule has 0 saturated heterocycles. The van der Waals surface area contributed by atoms with Gasteiger partial charge in [-0.25, -0.2) is 13.2 Å².